The maximum Gasteiger partial charge on any atom is 0.232 e. The molecule has 0 aromatic rings. The van der Waals surface area contributed by atoms with Gasteiger partial charge in [-0.1, -0.05) is 33.0 Å². The molecule has 0 aromatic carbocycles. The molecule has 1 atom stereocenters. The van der Waals surface area contributed by atoms with Gasteiger partial charge in [0.2, 0.25) is 5.91 Å². The van der Waals surface area contributed by atoms with E-state index in [-0.39, 0.29) is 17.7 Å². The normalized spacial score (nSPS) is 19.0. The van der Waals surface area contributed by atoms with Gasteiger partial charge in [-0.05, 0) is 18.9 Å². The molecule has 0 aromatic heterocycles. The largest absolute Gasteiger partial charge is 0.393 e. The van der Waals surface area contributed by atoms with Crippen molar-refractivity contribution in [3.63, 3.8) is 0 Å². The minimum atomic E-state index is -0.308. The number of nitrogens with zero attached hydrogens (tertiary/aromatic N) is 2. The summed E-state index contributed by atoms with van der Waals surface area (Å²) in [5.41, 5.74) is 5.69. The van der Waals surface area contributed by atoms with Crippen molar-refractivity contribution in [2.24, 2.45) is 17.6 Å². The Hall–Kier alpha value is -0.680. The van der Waals surface area contributed by atoms with E-state index in [2.05, 4.69) is 11.8 Å². The second-order valence-corrected chi connectivity index (χ2v) is 5.76. The summed E-state index contributed by atoms with van der Waals surface area (Å²) < 4.78 is 0. The Balaban J connectivity index is 2.55. The first-order valence-electron chi connectivity index (χ1n) is 6.77. The van der Waals surface area contributed by atoms with Crippen LogP contribution in [-0.2, 0) is 4.79 Å². The van der Waals surface area contributed by atoms with Gasteiger partial charge in [-0.25, -0.2) is 0 Å². The van der Waals surface area contributed by atoms with Crippen LogP contribution in [0.5, 0.6) is 0 Å². The lowest BCUT2D eigenvalue weighted by Gasteiger charge is -2.36. The summed E-state index contributed by atoms with van der Waals surface area (Å²) in [5, 5.41) is 0. The number of hydrogen-bond acceptors (Lipinski definition) is 3. The van der Waals surface area contributed by atoms with Gasteiger partial charge >= 0.3 is 0 Å². The van der Waals surface area contributed by atoms with E-state index in [1.54, 1.807) is 0 Å². The van der Waals surface area contributed by atoms with Crippen LogP contribution < -0.4 is 5.73 Å². The monoisotopic (exact) mass is 271 g/mol. The van der Waals surface area contributed by atoms with Crippen LogP contribution in [0.15, 0.2) is 0 Å². The molecule has 1 saturated heterocycles. The molecule has 0 saturated carbocycles. The molecule has 1 rings (SSSR count). The number of piperazine rings is 1. The number of hydrogen-bond donors (Lipinski definition) is 1. The van der Waals surface area contributed by atoms with Gasteiger partial charge < -0.3 is 10.6 Å². The molecule has 1 heterocycles. The Bertz CT molecular complexity index is 299. The van der Waals surface area contributed by atoms with Crippen LogP contribution in [0.4, 0.5) is 0 Å². The van der Waals surface area contributed by atoms with E-state index in [0.29, 0.717) is 4.99 Å². The van der Waals surface area contributed by atoms with Crippen LogP contribution >= 0.6 is 12.2 Å². The summed E-state index contributed by atoms with van der Waals surface area (Å²) in [7, 11) is 0. The zero-order valence-corrected chi connectivity index (χ0v) is 12.5. The lowest BCUT2D eigenvalue weighted by molar-refractivity contribution is -0.136. The number of thiocarbonyl (C=S) groups is 1. The Morgan fingerprint density at radius 2 is 1.83 bits per heavy atom. The third-order valence-electron chi connectivity index (χ3n) is 3.46. The SMILES string of the molecule is CCCN1CCN(C(=O)C(C(N)=S)C(C)C)CC1. The summed E-state index contributed by atoms with van der Waals surface area (Å²) >= 11 is 5.02. The first-order chi connectivity index (χ1) is 8.47. The van der Waals surface area contributed by atoms with Crippen molar-refractivity contribution >= 4 is 23.1 Å². The molecule has 0 aliphatic carbocycles. The summed E-state index contributed by atoms with van der Waals surface area (Å²) in [6.07, 6.45) is 1.16. The van der Waals surface area contributed by atoms with Gasteiger partial charge in [0.05, 0.1) is 10.9 Å². The van der Waals surface area contributed by atoms with Crippen LogP contribution in [0, 0.1) is 11.8 Å². The van der Waals surface area contributed by atoms with Gasteiger partial charge in [0, 0.05) is 26.2 Å². The fourth-order valence-electron chi connectivity index (χ4n) is 2.44. The second kappa shape index (κ2) is 7.04. The van der Waals surface area contributed by atoms with E-state index >= 15 is 0 Å². The number of carbonyl (C=O) groups is 1. The molecule has 4 nitrogen and oxygen atoms in total. The van der Waals surface area contributed by atoms with Gasteiger partial charge in [-0.3, -0.25) is 9.69 Å². The van der Waals surface area contributed by atoms with Crippen molar-refractivity contribution in [3.8, 4) is 0 Å². The number of amides is 1. The van der Waals surface area contributed by atoms with Crippen LogP contribution in [0.1, 0.15) is 27.2 Å². The van der Waals surface area contributed by atoms with Crippen molar-refractivity contribution in [2.75, 3.05) is 32.7 Å². The average Bonchev–Trinajstić information content (AvgIpc) is 2.29. The first-order valence-corrected chi connectivity index (χ1v) is 7.18. The highest BCUT2D eigenvalue weighted by molar-refractivity contribution is 7.80. The molecule has 0 spiro atoms. The maximum atomic E-state index is 12.4. The Morgan fingerprint density at radius 3 is 2.22 bits per heavy atom. The minimum absolute atomic E-state index is 0.105. The summed E-state index contributed by atoms with van der Waals surface area (Å²) in [6, 6.07) is 0. The predicted octanol–water partition coefficient (Wildman–Crippen LogP) is 1.10. The number of nitrogens with two attached hydrogens (primary N) is 1. The zero-order chi connectivity index (χ0) is 13.7. The summed E-state index contributed by atoms with van der Waals surface area (Å²) in [4.78, 5) is 17.0. The van der Waals surface area contributed by atoms with E-state index in [0.717, 1.165) is 39.1 Å². The van der Waals surface area contributed by atoms with Crippen LogP contribution in [0.2, 0.25) is 0 Å². The zero-order valence-electron chi connectivity index (χ0n) is 11.7. The topological polar surface area (TPSA) is 49.6 Å². The fraction of sp³-hybridized carbons (Fsp3) is 0.846. The first kappa shape index (κ1) is 15.4. The molecule has 2 N–H and O–H groups in total. The minimum Gasteiger partial charge on any atom is -0.393 e. The molecule has 0 radical (unpaired) electrons. The Labute approximate surface area is 115 Å². The third kappa shape index (κ3) is 3.92. The van der Waals surface area contributed by atoms with E-state index in [9.17, 15) is 4.79 Å². The third-order valence-corrected chi connectivity index (χ3v) is 3.72. The molecule has 0 bridgehead atoms. The van der Waals surface area contributed by atoms with Crippen molar-refractivity contribution in [1.29, 1.82) is 0 Å². The molecular formula is C13H25N3OS. The van der Waals surface area contributed by atoms with E-state index in [1.165, 1.54) is 0 Å². The Morgan fingerprint density at radius 1 is 1.28 bits per heavy atom. The molecule has 18 heavy (non-hydrogen) atoms. The number of carbonyl (C=O) groups excluding carboxylic acids is 1. The summed E-state index contributed by atoms with van der Waals surface area (Å²) in [5.74, 6) is -0.0324. The van der Waals surface area contributed by atoms with Crippen LogP contribution in [0.25, 0.3) is 0 Å². The fourth-order valence-corrected chi connectivity index (χ4v) is 2.81. The standard InChI is InChI=1S/C13H25N3OS/c1-4-5-15-6-8-16(9-7-15)13(17)11(10(2)3)12(14)18/h10-11H,4-9H2,1-3H3,(H2,14,18). The smallest absolute Gasteiger partial charge is 0.232 e. The van der Waals surface area contributed by atoms with Crippen molar-refractivity contribution in [1.82, 2.24) is 9.80 Å². The molecule has 1 fully saturated rings. The molecule has 5 heteroatoms. The van der Waals surface area contributed by atoms with Crippen molar-refractivity contribution in [2.45, 2.75) is 27.2 Å². The molecule has 1 aliphatic heterocycles. The van der Waals surface area contributed by atoms with Gasteiger partial charge in [-0.15, -0.1) is 0 Å². The molecular weight excluding hydrogens is 246 g/mol. The van der Waals surface area contributed by atoms with Crippen LogP contribution in [-0.4, -0.2) is 53.4 Å². The van der Waals surface area contributed by atoms with Crippen molar-refractivity contribution in [3.05, 3.63) is 0 Å². The predicted molar refractivity (Wildman–Crippen MR) is 78.4 cm³/mol. The van der Waals surface area contributed by atoms with Gasteiger partial charge in [0.25, 0.3) is 0 Å². The lowest BCUT2D eigenvalue weighted by atomic mass is 9.94. The molecule has 1 aliphatic rings. The van der Waals surface area contributed by atoms with Gasteiger partial charge in [0.15, 0.2) is 0 Å². The quantitative estimate of drug-likeness (QED) is 0.761. The Kier molecular flexibility index (Phi) is 6.02. The second-order valence-electron chi connectivity index (χ2n) is 5.29. The lowest BCUT2D eigenvalue weighted by Crippen LogP contribution is -2.52. The van der Waals surface area contributed by atoms with Gasteiger partial charge in [0.1, 0.15) is 0 Å². The maximum absolute atomic E-state index is 12.4. The highest BCUT2D eigenvalue weighted by atomic mass is 32.1. The van der Waals surface area contributed by atoms with Crippen LogP contribution in [0.3, 0.4) is 0 Å². The summed E-state index contributed by atoms with van der Waals surface area (Å²) in [6.45, 7) is 10.8. The van der Waals surface area contributed by atoms with Gasteiger partial charge in [-0.2, -0.15) is 0 Å². The highest BCUT2D eigenvalue weighted by Gasteiger charge is 2.31. The van der Waals surface area contributed by atoms with E-state index in [1.807, 2.05) is 18.7 Å². The highest BCUT2D eigenvalue weighted by Crippen LogP contribution is 2.16. The van der Waals surface area contributed by atoms with E-state index < -0.39 is 0 Å². The molecule has 1 amide bonds. The average molecular weight is 271 g/mol. The van der Waals surface area contributed by atoms with E-state index in [4.69, 9.17) is 18.0 Å². The van der Waals surface area contributed by atoms with Crippen molar-refractivity contribution < 1.29 is 4.79 Å². The molecule has 1 unspecified atom stereocenters. The number of rotatable bonds is 5. The molecule has 104 valence electrons.